The van der Waals surface area contributed by atoms with Crippen molar-refractivity contribution in [3.05, 3.63) is 76.5 Å². The number of hydrogen-bond donors (Lipinski definition) is 0. The van der Waals surface area contributed by atoms with Crippen molar-refractivity contribution in [2.45, 2.75) is 13.8 Å². The van der Waals surface area contributed by atoms with Gasteiger partial charge in [-0.3, -0.25) is 0 Å². The molecule has 3 heteroatoms. The van der Waals surface area contributed by atoms with Crippen LogP contribution < -0.4 is 0 Å². The van der Waals surface area contributed by atoms with Crippen LogP contribution in [0, 0.1) is 13.8 Å². The van der Waals surface area contributed by atoms with Gasteiger partial charge >= 0.3 is 5.97 Å². The highest BCUT2D eigenvalue weighted by atomic mass is 16.6. The van der Waals surface area contributed by atoms with Crippen molar-refractivity contribution in [1.82, 2.24) is 0 Å². The summed E-state index contributed by atoms with van der Waals surface area (Å²) in [4.78, 5) is 16.2. The van der Waals surface area contributed by atoms with E-state index < -0.39 is 5.97 Å². The molecular weight excluding hydrogens is 262 g/mol. The Kier molecular flexibility index (Phi) is 3.40. The van der Waals surface area contributed by atoms with Crippen molar-refractivity contribution < 1.29 is 9.53 Å². The van der Waals surface area contributed by atoms with E-state index in [0.29, 0.717) is 11.6 Å². The predicted octanol–water partition coefficient (Wildman–Crippen LogP) is 3.65. The Morgan fingerprint density at radius 3 is 2.52 bits per heavy atom. The molecule has 104 valence electrons. The monoisotopic (exact) mass is 277 g/mol. The second-order valence-corrected chi connectivity index (χ2v) is 5.06. The van der Waals surface area contributed by atoms with Crippen LogP contribution in [-0.4, -0.2) is 11.9 Å². The SMILES string of the molecule is Cc1ccc(/C=C2/N=C(c3ccccc3)OC2=O)c(C)c1. The van der Waals surface area contributed by atoms with Crippen LogP contribution in [0.5, 0.6) is 0 Å². The number of carbonyl (C=O) groups is 1. The molecule has 3 nitrogen and oxygen atoms in total. The summed E-state index contributed by atoms with van der Waals surface area (Å²) in [5, 5.41) is 0. The summed E-state index contributed by atoms with van der Waals surface area (Å²) in [6.07, 6.45) is 1.77. The number of carbonyl (C=O) groups excluding carboxylic acids is 1. The van der Waals surface area contributed by atoms with E-state index in [4.69, 9.17) is 4.74 Å². The third-order valence-electron chi connectivity index (χ3n) is 3.36. The molecule has 1 aliphatic heterocycles. The first kappa shape index (κ1) is 13.3. The smallest absolute Gasteiger partial charge is 0.363 e. The number of benzene rings is 2. The second-order valence-electron chi connectivity index (χ2n) is 5.06. The maximum atomic E-state index is 11.9. The van der Waals surface area contributed by atoms with E-state index in [9.17, 15) is 4.79 Å². The first-order valence-electron chi connectivity index (χ1n) is 6.79. The van der Waals surface area contributed by atoms with Gasteiger partial charge in [0.25, 0.3) is 0 Å². The Bertz CT molecular complexity index is 758. The van der Waals surface area contributed by atoms with Crippen LogP contribution in [0.2, 0.25) is 0 Å². The van der Waals surface area contributed by atoms with Gasteiger partial charge in [-0.2, -0.15) is 0 Å². The number of hydrogen-bond acceptors (Lipinski definition) is 3. The second kappa shape index (κ2) is 5.37. The normalized spacial score (nSPS) is 16.0. The minimum absolute atomic E-state index is 0.334. The number of esters is 1. The molecule has 3 rings (SSSR count). The van der Waals surface area contributed by atoms with Gasteiger partial charge in [-0.15, -0.1) is 0 Å². The topological polar surface area (TPSA) is 38.7 Å². The van der Waals surface area contributed by atoms with Crippen LogP contribution in [-0.2, 0) is 9.53 Å². The molecule has 0 aliphatic carbocycles. The summed E-state index contributed by atoms with van der Waals surface area (Å²) in [6, 6.07) is 15.5. The van der Waals surface area contributed by atoms with Gasteiger partial charge in [0, 0.05) is 5.56 Å². The van der Waals surface area contributed by atoms with Crippen molar-refractivity contribution in [1.29, 1.82) is 0 Å². The molecule has 0 amide bonds. The minimum atomic E-state index is -0.408. The maximum Gasteiger partial charge on any atom is 0.363 e. The van der Waals surface area contributed by atoms with Crippen molar-refractivity contribution in [3.8, 4) is 0 Å². The molecule has 0 spiro atoms. The highest BCUT2D eigenvalue weighted by molar-refractivity contribution is 6.12. The molecule has 21 heavy (non-hydrogen) atoms. The summed E-state index contributed by atoms with van der Waals surface area (Å²) in [6.45, 7) is 4.06. The Hall–Kier alpha value is -2.68. The minimum Gasteiger partial charge on any atom is -0.402 e. The Morgan fingerprint density at radius 1 is 1.05 bits per heavy atom. The van der Waals surface area contributed by atoms with Crippen LogP contribution in [0.25, 0.3) is 6.08 Å². The third-order valence-corrected chi connectivity index (χ3v) is 3.36. The molecule has 0 saturated carbocycles. The standard InChI is InChI=1S/C18H15NO2/c1-12-8-9-15(13(2)10-12)11-16-18(20)21-17(19-16)14-6-4-3-5-7-14/h3-11H,1-2H3/b16-11+. The van der Waals surface area contributed by atoms with Gasteiger partial charge in [0.05, 0.1) is 0 Å². The molecule has 0 fully saturated rings. The van der Waals surface area contributed by atoms with E-state index in [-0.39, 0.29) is 0 Å². The lowest BCUT2D eigenvalue weighted by molar-refractivity contribution is -0.129. The first-order chi connectivity index (χ1) is 10.1. The van der Waals surface area contributed by atoms with Crippen LogP contribution >= 0.6 is 0 Å². The third kappa shape index (κ3) is 2.77. The lowest BCUT2D eigenvalue weighted by Gasteiger charge is -2.01. The highest BCUT2D eigenvalue weighted by Crippen LogP contribution is 2.21. The molecule has 1 heterocycles. The molecule has 0 atom stereocenters. The molecule has 0 N–H and O–H groups in total. The highest BCUT2D eigenvalue weighted by Gasteiger charge is 2.23. The zero-order chi connectivity index (χ0) is 14.8. The zero-order valence-electron chi connectivity index (χ0n) is 12.0. The van der Waals surface area contributed by atoms with Gasteiger partial charge in [-0.1, -0.05) is 42.0 Å². The van der Waals surface area contributed by atoms with Gasteiger partial charge in [0.15, 0.2) is 5.70 Å². The van der Waals surface area contributed by atoms with Crippen molar-refractivity contribution in [3.63, 3.8) is 0 Å². The van der Waals surface area contributed by atoms with Crippen LogP contribution in [0.4, 0.5) is 0 Å². The largest absolute Gasteiger partial charge is 0.402 e. The Labute approximate surface area is 123 Å². The molecule has 0 radical (unpaired) electrons. The van der Waals surface area contributed by atoms with Gasteiger partial charge in [-0.25, -0.2) is 9.79 Å². The molecular formula is C18H15NO2. The lowest BCUT2D eigenvalue weighted by Crippen LogP contribution is -2.04. The predicted molar refractivity (Wildman–Crippen MR) is 83.0 cm³/mol. The number of cyclic esters (lactones) is 1. The van der Waals surface area contributed by atoms with Crippen molar-refractivity contribution in [2.24, 2.45) is 4.99 Å². The Morgan fingerprint density at radius 2 is 1.81 bits per heavy atom. The summed E-state index contributed by atoms with van der Waals surface area (Å²) < 4.78 is 5.24. The van der Waals surface area contributed by atoms with Crippen LogP contribution in [0.15, 0.2) is 59.2 Å². The Balaban J connectivity index is 1.97. The van der Waals surface area contributed by atoms with Crippen molar-refractivity contribution >= 4 is 17.9 Å². The van der Waals surface area contributed by atoms with Gasteiger partial charge < -0.3 is 4.74 Å². The quantitative estimate of drug-likeness (QED) is 0.621. The summed E-state index contributed by atoms with van der Waals surface area (Å²) in [5.41, 5.74) is 4.41. The van der Waals surface area contributed by atoms with E-state index in [1.807, 2.05) is 56.3 Å². The number of ether oxygens (including phenoxy) is 1. The van der Waals surface area contributed by atoms with Gasteiger partial charge in [0.2, 0.25) is 5.90 Å². The van der Waals surface area contributed by atoms with Gasteiger partial charge in [0.1, 0.15) is 0 Å². The van der Waals surface area contributed by atoms with E-state index >= 15 is 0 Å². The fourth-order valence-electron chi connectivity index (χ4n) is 2.25. The molecule has 1 aliphatic rings. The van der Waals surface area contributed by atoms with E-state index in [2.05, 4.69) is 11.1 Å². The van der Waals surface area contributed by atoms with Crippen LogP contribution in [0.1, 0.15) is 22.3 Å². The molecule has 2 aromatic rings. The molecule has 0 bridgehead atoms. The average Bonchev–Trinajstić information content (AvgIpc) is 2.84. The summed E-state index contributed by atoms with van der Waals surface area (Å²) in [5.74, 6) is -0.0505. The molecule has 0 saturated heterocycles. The van der Waals surface area contributed by atoms with Crippen molar-refractivity contribution in [2.75, 3.05) is 0 Å². The molecule has 0 aromatic heterocycles. The zero-order valence-corrected chi connectivity index (χ0v) is 12.0. The first-order valence-corrected chi connectivity index (χ1v) is 6.79. The molecule has 2 aromatic carbocycles. The summed E-state index contributed by atoms with van der Waals surface area (Å²) >= 11 is 0. The maximum absolute atomic E-state index is 11.9. The van der Waals surface area contributed by atoms with E-state index in [1.165, 1.54) is 5.56 Å². The van der Waals surface area contributed by atoms with Crippen LogP contribution in [0.3, 0.4) is 0 Å². The number of aryl methyl sites for hydroxylation is 2. The number of nitrogens with zero attached hydrogens (tertiary/aromatic N) is 1. The number of aliphatic imine (C=N–C) groups is 1. The fourth-order valence-corrected chi connectivity index (χ4v) is 2.25. The number of rotatable bonds is 2. The fraction of sp³-hybridized carbons (Fsp3) is 0.111. The molecule has 0 unspecified atom stereocenters. The lowest BCUT2D eigenvalue weighted by atomic mass is 10.0. The summed E-state index contributed by atoms with van der Waals surface area (Å²) in [7, 11) is 0. The van der Waals surface area contributed by atoms with E-state index in [0.717, 1.165) is 16.7 Å². The van der Waals surface area contributed by atoms with Gasteiger partial charge in [-0.05, 0) is 43.2 Å². The average molecular weight is 277 g/mol. The van der Waals surface area contributed by atoms with E-state index in [1.54, 1.807) is 6.08 Å².